The summed E-state index contributed by atoms with van der Waals surface area (Å²) < 4.78 is 16.2. The number of ether oxygens (including phenoxy) is 3. The maximum Gasteiger partial charge on any atom is 0.513 e. The van der Waals surface area contributed by atoms with Gasteiger partial charge in [0.1, 0.15) is 12.5 Å². The van der Waals surface area contributed by atoms with Crippen LogP contribution in [-0.4, -0.2) is 37.0 Å². The average Bonchev–Trinajstić information content (AvgIpc) is 3.13. The van der Waals surface area contributed by atoms with Crippen molar-refractivity contribution in [3.05, 3.63) is 72.0 Å². The zero-order valence-electron chi connectivity index (χ0n) is 19.5. The maximum absolute atomic E-state index is 13.4. The molecule has 1 aliphatic carbocycles. The van der Waals surface area contributed by atoms with Gasteiger partial charge in [-0.2, -0.15) is 0 Å². The molecule has 0 saturated heterocycles. The number of azide groups is 3. The van der Waals surface area contributed by atoms with Crippen molar-refractivity contribution in [3.63, 3.8) is 0 Å². The zero-order chi connectivity index (χ0) is 26.0. The molecular formula is C21H24N10O5. The van der Waals surface area contributed by atoms with Gasteiger partial charge in [0.05, 0.1) is 36.9 Å². The van der Waals surface area contributed by atoms with E-state index in [9.17, 15) is 9.59 Å². The Balaban J connectivity index is 2.08. The number of rotatable bonds is 10. The highest BCUT2D eigenvalue weighted by Crippen LogP contribution is 2.44. The van der Waals surface area contributed by atoms with Crippen molar-refractivity contribution in [2.45, 2.75) is 57.3 Å². The van der Waals surface area contributed by atoms with Gasteiger partial charge in [0.15, 0.2) is 0 Å². The van der Waals surface area contributed by atoms with Gasteiger partial charge in [-0.25, -0.2) is 4.79 Å². The number of hydrogen-bond donors (Lipinski definition) is 1. The lowest BCUT2D eigenvalue weighted by Gasteiger charge is -2.37. The zero-order valence-corrected chi connectivity index (χ0v) is 19.5. The van der Waals surface area contributed by atoms with E-state index in [1.54, 1.807) is 25.1 Å². The second-order valence-corrected chi connectivity index (χ2v) is 8.02. The molecular weight excluding hydrogens is 472 g/mol. The van der Waals surface area contributed by atoms with Crippen molar-refractivity contribution < 1.29 is 23.8 Å². The number of amides is 1. The molecule has 1 fully saturated rings. The molecule has 36 heavy (non-hydrogen) atoms. The fourth-order valence-corrected chi connectivity index (χ4v) is 4.38. The van der Waals surface area contributed by atoms with Crippen LogP contribution < -0.4 is 5.32 Å². The largest absolute Gasteiger partial charge is 0.513 e. The van der Waals surface area contributed by atoms with Gasteiger partial charge in [-0.3, -0.25) is 4.79 Å². The first kappa shape index (κ1) is 26.2. The van der Waals surface area contributed by atoms with E-state index in [4.69, 9.17) is 30.8 Å². The predicted molar refractivity (Wildman–Crippen MR) is 125 cm³/mol. The molecule has 3 rings (SSSR count). The summed E-state index contributed by atoms with van der Waals surface area (Å²) in [5.41, 5.74) is 26.6. The topological polar surface area (TPSA) is 220 Å². The smallest absolute Gasteiger partial charge is 0.434 e. The number of carbonyl (C=O) groups is 2. The Labute approximate surface area is 205 Å². The molecule has 0 atom stereocenters. The second kappa shape index (κ2) is 12.3. The van der Waals surface area contributed by atoms with Crippen molar-refractivity contribution in [1.82, 2.24) is 5.32 Å². The van der Waals surface area contributed by atoms with Gasteiger partial charge in [0, 0.05) is 14.7 Å². The standard InChI is InChI=1S/C21H24N10O5/c1-2-34-20(33)36-18-17(16-9-13(10-25-29-22)3-4-14(16)11-26-30-23)19(32)28-21(18)7-5-15(6-8-21)35-12-27-31-24/h3-4,9,15H,2,5-8,10-12H2,1H3,(H,28,32). The predicted octanol–water partition coefficient (Wildman–Crippen LogP) is 5.29. The summed E-state index contributed by atoms with van der Waals surface area (Å²) in [5, 5.41) is 13.6. The second-order valence-electron chi connectivity index (χ2n) is 8.02. The molecule has 0 aromatic heterocycles. The van der Waals surface area contributed by atoms with Gasteiger partial charge < -0.3 is 19.5 Å². The van der Waals surface area contributed by atoms with Crippen LogP contribution in [0.3, 0.4) is 0 Å². The summed E-state index contributed by atoms with van der Waals surface area (Å²) in [7, 11) is 0. The number of nitrogens with one attached hydrogen (secondary N) is 1. The van der Waals surface area contributed by atoms with Gasteiger partial charge in [0.2, 0.25) is 0 Å². The summed E-state index contributed by atoms with van der Waals surface area (Å²) in [4.78, 5) is 34.0. The minimum absolute atomic E-state index is 0.0314. The monoisotopic (exact) mass is 496 g/mol. The molecule has 2 aliphatic rings. The quantitative estimate of drug-likeness (QED) is 0.197. The molecule has 188 valence electrons. The first-order chi connectivity index (χ1) is 17.5. The normalized spacial score (nSPS) is 20.6. The summed E-state index contributed by atoms with van der Waals surface area (Å²) in [6, 6.07) is 5.01. The Morgan fingerprint density at radius 3 is 2.47 bits per heavy atom. The average molecular weight is 496 g/mol. The van der Waals surface area contributed by atoms with Crippen LogP contribution in [0.1, 0.15) is 49.3 Å². The number of hydrogen-bond acceptors (Lipinski definition) is 8. The number of benzene rings is 1. The number of nitrogens with zero attached hydrogens (tertiary/aromatic N) is 9. The van der Waals surface area contributed by atoms with Crippen LogP contribution >= 0.6 is 0 Å². The lowest BCUT2D eigenvalue weighted by Crippen LogP contribution is -2.49. The highest BCUT2D eigenvalue weighted by molar-refractivity contribution is 6.24. The van der Waals surface area contributed by atoms with E-state index in [0.29, 0.717) is 42.4 Å². The molecule has 15 nitrogen and oxygen atoms in total. The minimum Gasteiger partial charge on any atom is -0.434 e. The van der Waals surface area contributed by atoms with Crippen LogP contribution in [0.15, 0.2) is 39.3 Å². The van der Waals surface area contributed by atoms with Gasteiger partial charge >= 0.3 is 6.16 Å². The van der Waals surface area contributed by atoms with Gasteiger partial charge in [-0.1, -0.05) is 33.5 Å². The summed E-state index contributed by atoms with van der Waals surface area (Å²) in [6.07, 6.45) is 0.645. The van der Waals surface area contributed by atoms with Crippen LogP contribution in [0.5, 0.6) is 0 Å². The van der Waals surface area contributed by atoms with Crippen molar-refractivity contribution >= 4 is 17.6 Å². The Morgan fingerprint density at radius 2 is 1.81 bits per heavy atom. The molecule has 0 unspecified atom stereocenters. The van der Waals surface area contributed by atoms with E-state index in [1.807, 2.05) is 0 Å². The molecule has 1 amide bonds. The molecule has 1 aromatic rings. The van der Waals surface area contributed by atoms with Crippen LogP contribution in [0, 0.1) is 0 Å². The Hall–Kier alpha value is -4.41. The molecule has 1 spiro atoms. The molecule has 1 aromatic carbocycles. The molecule has 15 heteroatoms. The first-order valence-electron chi connectivity index (χ1n) is 11.2. The van der Waals surface area contributed by atoms with Gasteiger partial charge in [0.25, 0.3) is 5.91 Å². The lowest BCUT2D eigenvalue weighted by atomic mass is 9.79. The third-order valence-corrected chi connectivity index (χ3v) is 5.97. The summed E-state index contributed by atoms with van der Waals surface area (Å²) >= 11 is 0. The van der Waals surface area contributed by atoms with E-state index in [0.717, 1.165) is 0 Å². The third kappa shape index (κ3) is 5.98. The highest BCUT2D eigenvalue weighted by atomic mass is 16.7. The van der Waals surface area contributed by atoms with Crippen molar-refractivity contribution in [3.8, 4) is 0 Å². The number of carbonyl (C=O) groups excluding carboxylic acids is 2. The fraction of sp³-hybridized carbons (Fsp3) is 0.524. The SMILES string of the molecule is CCOC(=O)OC1=C(c2cc(CN=[N+]=[N-])ccc2CN=[N+]=[N-])C(=O)NC12CCC(OCN=[N+]=[N-])CC2. The van der Waals surface area contributed by atoms with Gasteiger partial charge in [-0.05, 0) is 65.9 Å². The highest BCUT2D eigenvalue weighted by Gasteiger charge is 2.50. The van der Waals surface area contributed by atoms with Crippen molar-refractivity contribution in [2.75, 3.05) is 13.3 Å². The van der Waals surface area contributed by atoms with E-state index in [1.165, 1.54) is 0 Å². The van der Waals surface area contributed by atoms with E-state index >= 15 is 0 Å². The summed E-state index contributed by atoms with van der Waals surface area (Å²) in [6.45, 7) is 1.58. The van der Waals surface area contributed by atoms with Crippen LogP contribution in [0.4, 0.5) is 4.79 Å². The molecule has 1 aliphatic heterocycles. The van der Waals surface area contributed by atoms with Crippen LogP contribution in [-0.2, 0) is 32.1 Å². The Bertz CT molecular complexity index is 1190. The summed E-state index contributed by atoms with van der Waals surface area (Å²) in [5.74, 6) is -0.353. The van der Waals surface area contributed by atoms with Crippen LogP contribution in [0.2, 0.25) is 0 Å². The molecule has 1 saturated carbocycles. The molecule has 1 heterocycles. The van der Waals surface area contributed by atoms with Gasteiger partial charge in [-0.15, -0.1) is 0 Å². The maximum atomic E-state index is 13.4. The van der Waals surface area contributed by atoms with Crippen molar-refractivity contribution in [2.24, 2.45) is 15.3 Å². The van der Waals surface area contributed by atoms with Crippen molar-refractivity contribution in [1.29, 1.82) is 0 Å². The molecule has 1 N–H and O–H groups in total. The first-order valence-corrected chi connectivity index (χ1v) is 11.2. The third-order valence-electron chi connectivity index (χ3n) is 5.97. The lowest BCUT2D eigenvalue weighted by molar-refractivity contribution is -0.116. The van der Waals surface area contributed by atoms with E-state index in [2.05, 4.69) is 35.4 Å². The van der Waals surface area contributed by atoms with E-state index in [-0.39, 0.29) is 43.9 Å². The van der Waals surface area contributed by atoms with Crippen LogP contribution in [0.25, 0.3) is 36.9 Å². The minimum atomic E-state index is -0.992. The van der Waals surface area contributed by atoms with E-state index < -0.39 is 17.6 Å². The Kier molecular flexibility index (Phi) is 8.98. The molecule has 0 bridgehead atoms. The molecule has 0 radical (unpaired) electrons. The fourth-order valence-electron chi connectivity index (χ4n) is 4.38. The Morgan fingerprint density at radius 1 is 1.11 bits per heavy atom.